The van der Waals surface area contributed by atoms with E-state index < -0.39 is 41.1 Å². The molecule has 1 aromatic rings. The molecule has 3 amide bonds. The van der Waals surface area contributed by atoms with Crippen molar-refractivity contribution in [2.24, 2.45) is 0 Å². The van der Waals surface area contributed by atoms with E-state index in [-0.39, 0.29) is 26.1 Å². The zero-order valence-corrected chi connectivity index (χ0v) is 22.5. The lowest BCUT2D eigenvalue weighted by atomic mass is 9.94. The Morgan fingerprint density at radius 2 is 1.60 bits per heavy atom. The molecule has 0 aromatic heterocycles. The third kappa shape index (κ3) is 9.96. The monoisotopic (exact) mass is 491 g/mol. The van der Waals surface area contributed by atoms with E-state index in [9.17, 15) is 19.2 Å². The molecule has 196 valence electrons. The molecular formula is C26H41N3O6. The summed E-state index contributed by atoms with van der Waals surface area (Å²) in [5, 5.41) is 5.25. The Labute approximate surface area is 208 Å². The summed E-state index contributed by atoms with van der Waals surface area (Å²) in [7, 11) is 0. The van der Waals surface area contributed by atoms with Gasteiger partial charge < -0.3 is 25.0 Å². The smallest absolute Gasteiger partial charge is 0.408 e. The first-order valence-electron chi connectivity index (χ1n) is 11.9. The SMILES string of the molecule is CCOC(=O)CCNC(=O)C(c1ccc(C)c(C)c1)N(C(=O)CNC(=O)OC(C)(C)C)C(C)(C)C. The van der Waals surface area contributed by atoms with Gasteiger partial charge in [-0.2, -0.15) is 0 Å². The fourth-order valence-corrected chi connectivity index (χ4v) is 3.42. The zero-order valence-electron chi connectivity index (χ0n) is 22.5. The summed E-state index contributed by atoms with van der Waals surface area (Å²) < 4.78 is 10.1. The highest BCUT2D eigenvalue weighted by atomic mass is 16.6. The van der Waals surface area contributed by atoms with Crippen molar-refractivity contribution in [1.82, 2.24) is 15.5 Å². The number of esters is 1. The molecule has 0 saturated carbocycles. The van der Waals surface area contributed by atoms with Gasteiger partial charge in [-0.1, -0.05) is 18.2 Å². The Morgan fingerprint density at radius 3 is 2.11 bits per heavy atom. The summed E-state index contributed by atoms with van der Waals surface area (Å²) in [6, 6.07) is 4.60. The summed E-state index contributed by atoms with van der Waals surface area (Å²) >= 11 is 0. The molecule has 1 rings (SSSR count). The Kier molecular flexibility index (Phi) is 10.7. The van der Waals surface area contributed by atoms with Gasteiger partial charge in [0, 0.05) is 12.1 Å². The molecule has 1 aromatic carbocycles. The van der Waals surface area contributed by atoms with Crippen molar-refractivity contribution in [3.63, 3.8) is 0 Å². The molecular weight excluding hydrogens is 450 g/mol. The maximum atomic E-state index is 13.4. The van der Waals surface area contributed by atoms with E-state index in [0.29, 0.717) is 5.56 Å². The number of ether oxygens (including phenoxy) is 2. The van der Waals surface area contributed by atoms with Crippen LogP contribution in [-0.4, -0.2) is 59.6 Å². The van der Waals surface area contributed by atoms with Crippen LogP contribution in [0.5, 0.6) is 0 Å². The molecule has 0 aliphatic heterocycles. The minimum absolute atomic E-state index is 0.0168. The average Bonchev–Trinajstić information content (AvgIpc) is 2.70. The molecule has 1 unspecified atom stereocenters. The van der Waals surface area contributed by atoms with E-state index in [1.165, 1.54) is 4.90 Å². The summed E-state index contributed by atoms with van der Waals surface area (Å²) in [6.45, 7) is 16.2. The second-order valence-electron chi connectivity index (χ2n) is 10.4. The van der Waals surface area contributed by atoms with E-state index in [1.807, 2.05) is 52.8 Å². The second kappa shape index (κ2) is 12.6. The maximum absolute atomic E-state index is 13.4. The number of amides is 3. The molecule has 9 heteroatoms. The predicted molar refractivity (Wildman–Crippen MR) is 134 cm³/mol. The van der Waals surface area contributed by atoms with Gasteiger partial charge in [0.05, 0.1) is 13.0 Å². The largest absolute Gasteiger partial charge is 0.466 e. The highest BCUT2D eigenvalue weighted by molar-refractivity contribution is 5.91. The lowest BCUT2D eigenvalue weighted by Gasteiger charge is -2.41. The van der Waals surface area contributed by atoms with Gasteiger partial charge >= 0.3 is 12.1 Å². The first-order valence-corrected chi connectivity index (χ1v) is 11.9. The van der Waals surface area contributed by atoms with Crippen LogP contribution in [0.25, 0.3) is 0 Å². The second-order valence-corrected chi connectivity index (χ2v) is 10.4. The van der Waals surface area contributed by atoms with Crippen LogP contribution >= 0.6 is 0 Å². The van der Waals surface area contributed by atoms with Crippen LogP contribution in [-0.2, 0) is 23.9 Å². The number of hydrogen-bond donors (Lipinski definition) is 2. The molecule has 0 saturated heterocycles. The van der Waals surface area contributed by atoms with Crippen LogP contribution in [0.1, 0.15) is 77.6 Å². The lowest BCUT2D eigenvalue weighted by Crippen LogP contribution is -2.55. The number of hydrogen-bond acceptors (Lipinski definition) is 6. The van der Waals surface area contributed by atoms with Crippen molar-refractivity contribution in [2.45, 2.75) is 85.9 Å². The molecule has 35 heavy (non-hydrogen) atoms. The number of carbonyl (C=O) groups is 4. The van der Waals surface area contributed by atoms with Crippen molar-refractivity contribution in [2.75, 3.05) is 19.7 Å². The number of aryl methyl sites for hydroxylation is 2. The Bertz CT molecular complexity index is 915. The van der Waals surface area contributed by atoms with Crippen molar-refractivity contribution >= 4 is 23.9 Å². The van der Waals surface area contributed by atoms with Gasteiger partial charge in [-0.05, 0) is 79.0 Å². The Morgan fingerprint density at radius 1 is 0.971 bits per heavy atom. The standard InChI is InChI=1S/C26H41N3O6/c1-10-34-21(31)13-14-27-23(32)22(19-12-11-17(2)18(3)15-19)29(25(4,5)6)20(30)16-28-24(33)35-26(7,8)9/h11-12,15,22H,10,13-14,16H2,1-9H3,(H,27,32)(H,28,33). The third-order valence-corrected chi connectivity index (χ3v) is 5.06. The van der Waals surface area contributed by atoms with Gasteiger partial charge in [-0.15, -0.1) is 0 Å². The van der Waals surface area contributed by atoms with Crippen LogP contribution in [0.4, 0.5) is 4.79 Å². The van der Waals surface area contributed by atoms with E-state index in [0.717, 1.165) is 11.1 Å². The molecule has 0 aliphatic rings. The normalized spacial score (nSPS) is 12.4. The number of benzene rings is 1. The van der Waals surface area contributed by atoms with Crippen LogP contribution in [0, 0.1) is 13.8 Å². The molecule has 2 N–H and O–H groups in total. The van der Waals surface area contributed by atoms with Gasteiger partial charge in [0.1, 0.15) is 18.2 Å². The number of nitrogens with zero attached hydrogens (tertiary/aromatic N) is 1. The molecule has 0 fully saturated rings. The Balaban J connectivity index is 3.25. The van der Waals surface area contributed by atoms with E-state index in [2.05, 4.69) is 10.6 Å². The maximum Gasteiger partial charge on any atom is 0.408 e. The van der Waals surface area contributed by atoms with E-state index in [4.69, 9.17) is 9.47 Å². The van der Waals surface area contributed by atoms with Crippen LogP contribution < -0.4 is 10.6 Å². The lowest BCUT2D eigenvalue weighted by molar-refractivity contribution is -0.146. The summed E-state index contributed by atoms with van der Waals surface area (Å²) in [6.07, 6.45) is -0.704. The average molecular weight is 492 g/mol. The van der Waals surface area contributed by atoms with E-state index >= 15 is 0 Å². The summed E-state index contributed by atoms with van der Waals surface area (Å²) in [5.74, 6) is -1.30. The van der Waals surface area contributed by atoms with Gasteiger partial charge in [-0.3, -0.25) is 14.4 Å². The highest BCUT2D eigenvalue weighted by Gasteiger charge is 2.38. The van der Waals surface area contributed by atoms with Gasteiger partial charge in [-0.25, -0.2) is 4.79 Å². The number of alkyl carbamates (subject to hydrolysis) is 1. The van der Waals surface area contributed by atoms with Gasteiger partial charge in [0.25, 0.3) is 0 Å². The highest BCUT2D eigenvalue weighted by Crippen LogP contribution is 2.30. The third-order valence-electron chi connectivity index (χ3n) is 5.06. The van der Waals surface area contributed by atoms with Crippen molar-refractivity contribution in [3.8, 4) is 0 Å². The molecule has 0 bridgehead atoms. The molecule has 0 radical (unpaired) electrons. The molecule has 0 heterocycles. The first kappa shape index (κ1) is 29.9. The number of nitrogens with one attached hydrogen (secondary N) is 2. The quantitative estimate of drug-likeness (QED) is 0.511. The Hall–Kier alpha value is -3.10. The van der Waals surface area contributed by atoms with Crippen molar-refractivity contribution in [3.05, 3.63) is 34.9 Å². The fourth-order valence-electron chi connectivity index (χ4n) is 3.42. The molecule has 9 nitrogen and oxygen atoms in total. The van der Waals surface area contributed by atoms with Crippen molar-refractivity contribution < 1.29 is 28.7 Å². The fraction of sp³-hybridized carbons (Fsp3) is 0.615. The summed E-state index contributed by atoms with van der Waals surface area (Å²) in [4.78, 5) is 52.1. The molecule has 0 spiro atoms. The minimum Gasteiger partial charge on any atom is -0.466 e. The minimum atomic E-state index is -0.982. The van der Waals surface area contributed by atoms with Crippen LogP contribution in [0.3, 0.4) is 0 Å². The summed E-state index contributed by atoms with van der Waals surface area (Å²) in [5.41, 5.74) is 1.17. The predicted octanol–water partition coefficient (Wildman–Crippen LogP) is 3.57. The number of carbonyl (C=O) groups excluding carboxylic acids is 4. The molecule has 1 atom stereocenters. The van der Waals surface area contributed by atoms with Crippen LogP contribution in [0.15, 0.2) is 18.2 Å². The van der Waals surface area contributed by atoms with Crippen molar-refractivity contribution in [1.29, 1.82) is 0 Å². The number of rotatable bonds is 9. The van der Waals surface area contributed by atoms with E-state index in [1.54, 1.807) is 27.7 Å². The van der Waals surface area contributed by atoms with Gasteiger partial charge in [0.15, 0.2) is 0 Å². The topological polar surface area (TPSA) is 114 Å². The molecule has 0 aliphatic carbocycles. The van der Waals surface area contributed by atoms with Gasteiger partial charge in [0.2, 0.25) is 11.8 Å². The first-order chi connectivity index (χ1) is 16.1. The zero-order chi connectivity index (χ0) is 27.0. The van der Waals surface area contributed by atoms with Crippen LogP contribution in [0.2, 0.25) is 0 Å².